The van der Waals surface area contributed by atoms with Gasteiger partial charge in [0.25, 0.3) is 0 Å². The molecule has 43 heavy (non-hydrogen) atoms. The highest BCUT2D eigenvalue weighted by Gasteiger charge is 2.50. The van der Waals surface area contributed by atoms with E-state index in [-0.39, 0.29) is 51.7 Å². The lowest BCUT2D eigenvalue weighted by Crippen LogP contribution is -2.34. The molecule has 2 aromatic carbocycles. The molecule has 3 aromatic rings. The summed E-state index contributed by atoms with van der Waals surface area (Å²) in [5.41, 5.74) is 1.75. The zero-order chi connectivity index (χ0) is 31.2. The first-order valence-electron chi connectivity index (χ1n) is 14.3. The molecule has 0 bridgehead atoms. The van der Waals surface area contributed by atoms with Crippen LogP contribution in [0.2, 0.25) is 0 Å². The fourth-order valence-corrected chi connectivity index (χ4v) is 6.25. The van der Waals surface area contributed by atoms with Gasteiger partial charge in [-0.15, -0.1) is 0 Å². The fraction of sp³-hybridized carbons (Fsp3) is 0.382. The van der Waals surface area contributed by atoms with Gasteiger partial charge in [0.05, 0.1) is 11.1 Å². The van der Waals surface area contributed by atoms with Crippen molar-refractivity contribution in [3.63, 3.8) is 0 Å². The minimum absolute atomic E-state index is 0.0635. The van der Waals surface area contributed by atoms with Gasteiger partial charge in [0.2, 0.25) is 0 Å². The van der Waals surface area contributed by atoms with E-state index in [0.29, 0.717) is 45.7 Å². The van der Waals surface area contributed by atoms with Gasteiger partial charge in [-0.1, -0.05) is 11.6 Å². The van der Waals surface area contributed by atoms with E-state index in [1.807, 2.05) is 53.7 Å². The number of carbonyl (C=O) groups excluding carboxylic acids is 2. The van der Waals surface area contributed by atoms with Crippen LogP contribution in [0.5, 0.6) is 28.7 Å². The fourth-order valence-electron chi connectivity index (χ4n) is 6.25. The minimum atomic E-state index is -0.811. The van der Waals surface area contributed by atoms with Crippen LogP contribution < -0.4 is 24.4 Å². The number of hydrogen-bond donors (Lipinski definition) is 1. The van der Waals surface area contributed by atoms with Crippen molar-refractivity contribution in [1.29, 1.82) is 0 Å². The average molecular weight is 587 g/mol. The van der Waals surface area contributed by atoms with E-state index in [4.69, 9.17) is 23.4 Å². The smallest absolute Gasteiger partial charge is 0.308 e. The normalized spacial score (nSPS) is 18.1. The Kier molecular flexibility index (Phi) is 6.31. The third-order valence-electron chi connectivity index (χ3n) is 8.16. The van der Waals surface area contributed by atoms with Crippen LogP contribution in [0.4, 0.5) is 0 Å². The molecule has 0 radical (unpaired) electrons. The average Bonchev–Trinajstić information content (AvgIpc) is 3.15. The van der Waals surface area contributed by atoms with E-state index in [2.05, 4.69) is 0 Å². The van der Waals surface area contributed by atoms with E-state index in [1.54, 1.807) is 6.08 Å². The number of phenols is 1. The van der Waals surface area contributed by atoms with Crippen LogP contribution >= 0.6 is 0 Å². The van der Waals surface area contributed by atoms with Crippen LogP contribution in [-0.2, 0) is 22.4 Å². The third kappa shape index (κ3) is 4.49. The zero-order valence-corrected chi connectivity index (χ0v) is 25.5. The lowest BCUT2D eigenvalue weighted by Gasteiger charge is -2.32. The number of carbonyl (C=O) groups is 2. The maximum absolute atomic E-state index is 14.4. The van der Waals surface area contributed by atoms with Crippen LogP contribution in [0.15, 0.2) is 33.0 Å². The summed E-state index contributed by atoms with van der Waals surface area (Å²) in [7, 11) is 0. The summed E-state index contributed by atoms with van der Waals surface area (Å²) in [6, 6.07) is 1.42. The van der Waals surface area contributed by atoms with Crippen molar-refractivity contribution in [2.75, 3.05) is 0 Å². The standard InChI is InChI=1S/C34H34O9/c1-15(2)9-10-19-29-18(11-12-33(5,6)42-29)27(37)26-28(38)20-13-21-24-25(31(20)41-30(19)26)22(39-16(3)35)14-23(40-17(4)36)32(24)43-34(21,7)8/h9,11-12,14,21,37H,10,13H2,1-8H3. The molecule has 0 amide bonds. The Hall–Kier alpha value is -4.53. The van der Waals surface area contributed by atoms with Crippen molar-refractivity contribution >= 4 is 29.0 Å². The number of esters is 2. The van der Waals surface area contributed by atoms with Crippen molar-refractivity contribution in [1.82, 2.24) is 0 Å². The first-order chi connectivity index (χ1) is 20.1. The molecule has 0 saturated carbocycles. The van der Waals surface area contributed by atoms with Crippen LogP contribution in [0.3, 0.4) is 0 Å². The van der Waals surface area contributed by atoms with Crippen LogP contribution in [0, 0.1) is 0 Å². The molecule has 6 rings (SSSR count). The van der Waals surface area contributed by atoms with Crippen molar-refractivity contribution in [2.45, 2.75) is 85.4 Å². The Morgan fingerprint density at radius 2 is 1.70 bits per heavy atom. The first kappa shape index (κ1) is 28.6. The maximum atomic E-state index is 14.4. The van der Waals surface area contributed by atoms with Gasteiger partial charge >= 0.3 is 11.9 Å². The number of benzene rings is 2. The maximum Gasteiger partial charge on any atom is 0.308 e. The van der Waals surface area contributed by atoms with Crippen molar-refractivity contribution in [2.24, 2.45) is 0 Å². The molecule has 9 heteroatoms. The summed E-state index contributed by atoms with van der Waals surface area (Å²) in [5, 5.41) is 11.6. The summed E-state index contributed by atoms with van der Waals surface area (Å²) < 4.78 is 30.5. The Bertz CT molecular complexity index is 1880. The van der Waals surface area contributed by atoms with Gasteiger partial charge in [-0.25, -0.2) is 0 Å². The topological polar surface area (TPSA) is 122 Å². The second-order valence-corrected chi connectivity index (χ2v) is 12.7. The Morgan fingerprint density at radius 3 is 2.35 bits per heavy atom. The highest BCUT2D eigenvalue weighted by molar-refractivity contribution is 5.97. The van der Waals surface area contributed by atoms with Gasteiger partial charge in [0.15, 0.2) is 16.9 Å². The Morgan fingerprint density at radius 1 is 1.02 bits per heavy atom. The number of ether oxygens (including phenoxy) is 4. The van der Waals surface area contributed by atoms with Gasteiger partial charge in [-0.3, -0.25) is 14.4 Å². The predicted molar refractivity (Wildman–Crippen MR) is 160 cm³/mol. The van der Waals surface area contributed by atoms with Crippen LogP contribution in [0.25, 0.3) is 28.4 Å². The summed E-state index contributed by atoms with van der Waals surface area (Å²) in [6.07, 6.45) is 6.23. The molecule has 1 aliphatic carbocycles. The molecule has 1 atom stereocenters. The van der Waals surface area contributed by atoms with Gasteiger partial charge in [0, 0.05) is 42.5 Å². The van der Waals surface area contributed by atoms with Gasteiger partial charge in [0.1, 0.15) is 45.2 Å². The van der Waals surface area contributed by atoms with Gasteiger partial charge < -0.3 is 28.5 Å². The summed E-state index contributed by atoms with van der Waals surface area (Å²) in [4.78, 5) is 38.7. The first-order valence-corrected chi connectivity index (χ1v) is 14.3. The molecule has 2 aliphatic heterocycles. The molecule has 0 fully saturated rings. The number of phenolic OH excluding ortho intramolecular Hbond substituents is 1. The van der Waals surface area contributed by atoms with E-state index >= 15 is 0 Å². The molecule has 1 unspecified atom stereocenters. The monoisotopic (exact) mass is 586 g/mol. The predicted octanol–water partition coefficient (Wildman–Crippen LogP) is 6.52. The molecule has 224 valence electrons. The summed E-state index contributed by atoms with van der Waals surface area (Å²) >= 11 is 0. The number of aromatic hydroxyl groups is 1. The van der Waals surface area contributed by atoms with Crippen LogP contribution in [-0.4, -0.2) is 28.2 Å². The molecular formula is C34H34O9. The summed E-state index contributed by atoms with van der Waals surface area (Å²) in [6.45, 7) is 14.1. The zero-order valence-electron chi connectivity index (χ0n) is 25.5. The van der Waals surface area contributed by atoms with Gasteiger partial charge in [-0.2, -0.15) is 0 Å². The minimum Gasteiger partial charge on any atom is -0.506 e. The molecule has 1 N–H and O–H groups in total. The second kappa shape index (κ2) is 9.49. The van der Waals surface area contributed by atoms with Crippen molar-refractivity contribution in [3.8, 4) is 40.1 Å². The number of allylic oxidation sites excluding steroid dienone is 2. The quantitative estimate of drug-likeness (QED) is 0.207. The third-order valence-corrected chi connectivity index (χ3v) is 8.16. The Balaban J connectivity index is 1.75. The van der Waals surface area contributed by atoms with E-state index in [0.717, 1.165) is 5.57 Å². The lowest BCUT2D eigenvalue weighted by atomic mass is 9.74. The molecule has 3 heterocycles. The molecule has 1 aromatic heterocycles. The largest absolute Gasteiger partial charge is 0.506 e. The molecule has 9 nitrogen and oxygen atoms in total. The number of hydrogen-bond acceptors (Lipinski definition) is 9. The van der Waals surface area contributed by atoms with E-state index in [1.165, 1.54) is 19.9 Å². The highest BCUT2D eigenvalue weighted by Crippen LogP contribution is 2.60. The molecule has 0 saturated heterocycles. The number of rotatable bonds is 4. The number of fused-ring (bicyclic) bond motifs is 4. The molecule has 0 spiro atoms. The van der Waals surface area contributed by atoms with E-state index in [9.17, 15) is 19.5 Å². The SMILES string of the molecule is CC(=O)Oc1cc(OC(C)=O)c2c3c1OC(C)(C)C3Cc1c-2oc2c(CC=C(C)C)c3c(c(O)c2c1=O)C=CC(C)(C)O3. The van der Waals surface area contributed by atoms with E-state index < -0.39 is 23.1 Å². The second-order valence-electron chi connectivity index (χ2n) is 12.7. The van der Waals surface area contributed by atoms with Crippen molar-refractivity contribution < 1.29 is 38.1 Å². The lowest BCUT2D eigenvalue weighted by molar-refractivity contribution is -0.132. The van der Waals surface area contributed by atoms with Crippen LogP contribution in [0.1, 0.15) is 83.6 Å². The van der Waals surface area contributed by atoms with Gasteiger partial charge in [-0.05, 0) is 66.5 Å². The summed E-state index contributed by atoms with van der Waals surface area (Å²) in [5.74, 6) is -0.589. The molecular weight excluding hydrogens is 552 g/mol. The van der Waals surface area contributed by atoms with Crippen molar-refractivity contribution in [3.05, 3.63) is 56.3 Å². The molecule has 3 aliphatic rings. The Labute approximate surface area is 248 Å². The highest BCUT2D eigenvalue weighted by atomic mass is 16.6.